The van der Waals surface area contributed by atoms with E-state index in [1.807, 2.05) is 13.8 Å². The zero-order valence-corrected chi connectivity index (χ0v) is 30.3. The number of rotatable bonds is 8. The van der Waals surface area contributed by atoms with Crippen molar-refractivity contribution in [1.82, 2.24) is 0 Å². The van der Waals surface area contributed by atoms with Crippen molar-refractivity contribution in [2.45, 2.75) is 84.8 Å². The number of anilines is 1. The Bertz CT molecular complexity index is 1670. The van der Waals surface area contributed by atoms with Crippen molar-refractivity contribution in [1.29, 1.82) is 0 Å². The third-order valence-electron chi connectivity index (χ3n) is 8.23. The normalized spacial score (nSPS) is 17.6. The van der Waals surface area contributed by atoms with Gasteiger partial charge in [-0.1, -0.05) is 87.0 Å². The second kappa shape index (κ2) is 14.8. The monoisotopic (exact) mass is 735 g/mol. The summed E-state index contributed by atoms with van der Waals surface area (Å²) in [6, 6.07) is 26.7. The Morgan fingerprint density at radius 3 is 2.20 bits per heavy atom. The summed E-state index contributed by atoms with van der Waals surface area (Å²) in [5, 5.41) is 13.4. The zero-order chi connectivity index (χ0) is 32.9. The summed E-state index contributed by atoms with van der Waals surface area (Å²) in [7, 11) is 11.6. The van der Waals surface area contributed by atoms with E-state index in [4.69, 9.17) is 24.1 Å². The van der Waals surface area contributed by atoms with Crippen LogP contribution in [0, 0.1) is 16.7 Å². The Morgan fingerprint density at radius 1 is 0.978 bits per heavy atom. The SMILES string of the molecule is CC(C)Oc1ccc([N+](=O)[O-])cc1[CH]=[Ru]([Cl])[Cl].CCc1cccc(CC)c1N1[CH-]C(C)(c2cccc3ccccc23)CC1(C)C. The number of hydrogen-bond acceptors (Lipinski definition) is 4. The molecule has 1 saturated heterocycles. The maximum atomic E-state index is 10.7. The topological polar surface area (TPSA) is 55.6 Å². The summed E-state index contributed by atoms with van der Waals surface area (Å²) < 4.78 is 7.17. The molecule has 1 heterocycles. The predicted octanol–water partition coefficient (Wildman–Crippen LogP) is 10.5. The molecule has 1 aliphatic rings. The number of benzene rings is 4. The van der Waals surface area contributed by atoms with Crippen LogP contribution in [0.5, 0.6) is 5.75 Å². The Balaban J connectivity index is 0.000000233. The molecule has 0 aromatic heterocycles. The first-order chi connectivity index (χ1) is 21.3. The minimum Gasteiger partial charge on any atom is -0.517 e. The van der Waals surface area contributed by atoms with Crippen molar-refractivity contribution in [3.63, 3.8) is 0 Å². The second-order valence-corrected chi connectivity index (χ2v) is 18.2. The van der Waals surface area contributed by atoms with Crippen LogP contribution in [0.4, 0.5) is 11.4 Å². The molecule has 0 spiro atoms. The van der Waals surface area contributed by atoms with Crippen LogP contribution in [0.1, 0.15) is 77.1 Å². The number of nitro benzene ring substituents is 1. The van der Waals surface area contributed by atoms with Gasteiger partial charge in [0, 0.05) is 11.2 Å². The maximum absolute atomic E-state index is 10.7. The molecule has 5 nitrogen and oxygen atoms in total. The van der Waals surface area contributed by atoms with Gasteiger partial charge in [-0.05, 0) is 55.0 Å². The van der Waals surface area contributed by atoms with E-state index in [9.17, 15) is 10.1 Å². The van der Waals surface area contributed by atoms with E-state index < -0.39 is 18.4 Å². The van der Waals surface area contributed by atoms with Gasteiger partial charge in [-0.25, -0.2) is 6.54 Å². The third kappa shape index (κ3) is 8.14. The summed E-state index contributed by atoms with van der Waals surface area (Å²) in [6.45, 7) is 18.0. The average Bonchev–Trinajstić information content (AvgIpc) is 3.25. The Labute approximate surface area is 281 Å². The molecule has 45 heavy (non-hydrogen) atoms. The van der Waals surface area contributed by atoms with E-state index >= 15 is 0 Å². The van der Waals surface area contributed by atoms with Crippen LogP contribution >= 0.6 is 19.4 Å². The Morgan fingerprint density at radius 2 is 1.60 bits per heavy atom. The van der Waals surface area contributed by atoms with Crippen LogP contribution < -0.4 is 9.64 Å². The van der Waals surface area contributed by atoms with Crippen molar-refractivity contribution in [3.05, 3.63) is 118 Å². The first kappa shape index (κ1) is 35.1. The molecule has 0 N–H and O–H groups in total. The fourth-order valence-electron chi connectivity index (χ4n) is 6.44. The van der Waals surface area contributed by atoms with Crippen LogP contribution in [-0.2, 0) is 31.8 Å². The van der Waals surface area contributed by atoms with Crippen LogP contribution in [-0.4, -0.2) is 21.2 Å². The van der Waals surface area contributed by atoms with Crippen LogP contribution in [0.15, 0.2) is 78.9 Å². The van der Waals surface area contributed by atoms with E-state index in [0.29, 0.717) is 11.3 Å². The van der Waals surface area contributed by atoms with Crippen molar-refractivity contribution in [2.24, 2.45) is 0 Å². The number of fused-ring (bicyclic) bond motifs is 1. The van der Waals surface area contributed by atoms with E-state index in [1.54, 1.807) is 10.7 Å². The molecule has 0 bridgehead atoms. The van der Waals surface area contributed by atoms with Gasteiger partial charge in [0.1, 0.15) is 0 Å². The second-order valence-electron chi connectivity index (χ2n) is 12.5. The zero-order valence-electron chi connectivity index (χ0n) is 27.1. The van der Waals surface area contributed by atoms with Gasteiger partial charge in [0.2, 0.25) is 0 Å². The molecule has 1 unspecified atom stereocenters. The molecule has 0 saturated carbocycles. The van der Waals surface area contributed by atoms with Gasteiger partial charge in [-0.3, -0.25) is 0 Å². The summed E-state index contributed by atoms with van der Waals surface area (Å²) in [4.78, 5) is 12.8. The molecule has 1 aliphatic heterocycles. The average molecular weight is 736 g/mol. The fraction of sp³-hybridized carbons (Fsp3) is 0.351. The van der Waals surface area contributed by atoms with Gasteiger partial charge in [-0.15, -0.1) is 5.41 Å². The van der Waals surface area contributed by atoms with Crippen molar-refractivity contribution >= 4 is 46.1 Å². The molecule has 4 aromatic rings. The van der Waals surface area contributed by atoms with Crippen molar-refractivity contribution in [3.8, 4) is 5.75 Å². The smallest absolute Gasteiger partial charge is 0.0140 e. The first-order valence-corrected chi connectivity index (χ1v) is 20.8. The Hall–Kier alpha value is -2.79. The third-order valence-corrected chi connectivity index (χ3v) is 10.1. The van der Waals surface area contributed by atoms with E-state index in [0.717, 1.165) is 19.3 Å². The first-order valence-electron chi connectivity index (χ1n) is 15.3. The minimum absolute atomic E-state index is 0.00360. The number of halogens is 2. The minimum atomic E-state index is -2.05. The molecular formula is C37H43Cl2N2O3Ru-. The Kier molecular flexibility index (Phi) is 11.5. The van der Waals surface area contributed by atoms with Crippen molar-refractivity contribution < 1.29 is 23.2 Å². The molecule has 4 aromatic carbocycles. The van der Waals surface area contributed by atoms with Gasteiger partial charge in [0.25, 0.3) is 0 Å². The van der Waals surface area contributed by atoms with Gasteiger partial charge in [-0.2, -0.15) is 0 Å². The van der Waals surface area contributed by atoms with Crippen LogP contribution in [0.25, 0.3) is 10.8 Å². The molecule has 0 aliphatic carbocycles. The van der Waals surface area contributed by atoms with Gasteiger partial charge in [0.05, 0.1) is 0 Å². The largest absolute Gasteiger partial charge is 0.517 e. The molecular weight excluding hydrogens is 692 g/mol. The van der Waals surface area contributed by atoms with Crippen LogP contribution in [0.2, 0.25) is 0 Å². The molecule has 5 rings (SSSR count). The standard InChI is InChI=1S/C27H32N.C10H11NO3.2ClH.Ru/c1-6-20-13-10-14-21(7-2)25(20)28-19-27(5,18-26(28,3)4)24-17-11-15-22-12-8-9-16-23(22)24;1-7(2)14-10-5-4-9(11(12)13)6-8(10)3;;;/h8-17,19H,6-7,18H2,1-5H3;3-7H,1-2H3;2*1H;/q-1;;;;+2/p-2. The predicted molar refractivity (Wildman–Crippen MR) is 188 cm³/mol. The molecule has 0 amide bonds. The molecule has 0 radical (unpaired) electrons. The van der Waals surface area contributed by atoms with Crippen LogP contribution in [0.3, 0.4) is 0 Å². The molecule has 242 valence electrons. The van der Waals surface area contributed by atoms with E-state index in [2.05, 4.69) is 107 Å². The number of ether oxygens (including phenoxy) is 1. The van der Waals surface area contributed by atoms with Gasteiger partial charge in [0.15, 0.2) is 0 Å². The summed E-state index contributed by atoms with van der Waals surface area (Å²) in [6.07, 6.45) is 3.22. The maximum Gasteiger partial charge on any atom is 0.0140 e. The van der Waals surface area contributed by atoms with E-state index in [1.165, 1.54) is 45.3 Å². The molecule has 1 atom stereocenters. The summed E-state index contributed by atoms with van der Waals surface area (Å²) in [5.74, 6) is 0.561. The number of aryl methyl sites for hydroxylation is 2. The van der Waals surface area contributed by atoms with Gasteiger partial charge >= 0.3 is 112 Å². The number of hydrogen-bond donors (Lipinski definition) is 0. The molecule has 1 fully saturated rings. The van der Waals surface area contributed by atoms with E-state index in [-0.39, 0.29) is 22.7 Å². The number of non-ortho nitro benzene ring substituents is 1. The number of nitrogens with zero attached hydrogens (tertiary/aromatic N) is 2. The van der Waals surface area contributed by atoms with Gasteiger partial charge < -0.3 is 4.90 Å². The summed E-state index contributed by atoms with van der Waals surface area (Å²) in [5.41, 5.74) is 6.43. The number of para-hydroxylation sites is 1. The fourth-order valence-corrected chi connectivity index (χ4v) is 8.23. The number of nitro groups is 1. The summed E-state index contributed by atoms with van der Waals surface area (Å²) >= 11 is -2.05. The molecule has 8 heteroatoms. The van der Waals surface area contributed by atoms with Crippen molar-refractivity contribution in [2.75, 3.05) is 4.90 Å². The quantitative estimate of drug-likeness (QED) is 0.0783.